The van der Waals surface area contributed by atoms with Gasteiger partial charge in [0.1, 0.15) is 4.83 Å². The van der Waals surface area contributed by atoms with Crippen molar-refractivity contribution < 1.29 is 4.74 Å². The summed E-state index contributed by atoms with van der Waals surface area (Å²) in [5, 5.41) is 11.0. The van der Waals surface area contributed by atoms with Crippen molar-refractivity contribution in [3.8, 4) is 0 Å². The monoisotopic (exact) mass is 465 g/mol. The smallest absolute Gasteiger partial charge is 0.283 e. The van der Waals surface area contributed by atoms with Crippen molar-refractivity contribution in [1.82, 2.24) is 19.5 Å². The van der Waals surface area contributed by atoms with Gasteiger partial charge in [0.15, 0.2) is 11.5 Å². The van der Waals surface area contributed by atoms with Crippen LogP contribution < -0.4 is 10.9 Å². The van der Waals surface area contributed by atoms with Crippen LogP contribution in [0.25, 0.3) is 26.6 Å². The number of rotatable bonds is 8. The van der Waals surface area contributed by atoms with Gasteiger partial charge in [-0.3, -0.25) is 9.69 Å². The van der Waals surface area contributed by atoms with Crippen LogP contribution in [-0.4, -0.2) is 58.9 Å². The summed E-state index contributed by atoms with van der Waals surface area (Å²) in [6, 6.07) is 8.09. The fourth-order valence-electron chi connectivity index (χ4n) is 4.68. The zero-order valence-corrected chi connectivity index (χ0v) is 20.2. The molecule has 0 spiro atoms. The van der Waals surface area contributed by atoms with Crippen molar-refractivity contribution in [2.45, 2.75) is 39.5 Å². The number of ether oxygens (including phenoxy) is 1. The van der Waals surface area contributed by atoms with E-state index in [-0.39, 0.29) is 5.56 Å². The third-order valence-corrected chi connectivity index (χ3v) is 7.50. The normalized spacial score (nSPS) is 15.1. The molecule has 1 N–H and O–H groups in total. The first kappa shape index (κ1) is 22.3. The van der Waals surface area contributed by atoms with Crippen LogP contribution in [0.4, 0.5) is 5.82 Å². The average molecular weight is 466 g/mol. The Kier molecular flexibility index (Phi) is 6.57. The van der Waals surface area contributed by atoms with E-state index in [0.717, 1.165) is 91.9 Å². The van der Waals surface area contributed by atoms with Gasteiger partial charge in [-0.15, -0.1) is 16.4 Å². The van der Waals surface area contributed by atoms with Gasteiger partial charge in [0.2, 0.25) is 0 Å². The van der Waals surface area contributed by atoms with Gasteiger partial charge in [0, 0.05) is 41.8 Å². The summed E-state index contributed by atoms with van der Waals surface area (Å²) >= 11 is 1.68. The molecule has 1 fully saturated rings. The third-order valence-electron chi connectivity index (χ3n) is 6.31. The number of benzene rings is 1. The Balaban J connectivity index is 1.62. The summed E-state index contributed by atoms with van der Waals surface area (Å²) in [4.78, 5) is 23.2. The zero-order valence-electron chi connectivity index (χ0n) is 19.4. The molecule has 0 bridgehead atoms. The Morgan fingerprint density at radius 2 is 1.85 bits per heavy atom. The van der Waals surface area contributed by atoms with Crippen LogP contribution in [0.3, 0.4) is 0 Å². The second-order valence-electron chi connectivity index (χ2n) is 8.61. The largest absolute Gasteiger partial charge is 0.379 e. The second kappa shape index (κ2) is 9.75. The first-order chi connectivity index (χ1) is 16.2. The Labute approximate surface area is 197 Å². The summed E-state index contributed by atoms with van der Waals surface area (Å²) in [5.74, 6) is 0.732. The molecule has 7 nitrogen and oxygen atoms in total. The van der Waals surface area contributed by atoms with Crippen LogP contribution in [0.2, 0.25) is 0 Å². The number of anilines is 1. The van der Waals surface area contributed by atoms with Gasteiger partial charge < -0.3 is 10.1 Å². The molecule has 0 aliphatic carbocycles. The van der Waals surface area contributed by atoms with Gasteiger partial charge in [-0.05, 0) is 18.4 Å². The minimum Gasteiger partial charge on any atom is -0.379 e. The maximum absolute atomic E-state index is 13.7. The Hall–Kier alpha value is -2.55. The quantitative estimate of drug-likeness (QED) is 0.395. The van der Waals surface area contributed by atoms with E-state index in [0.29, 0.717) is 5.65 Å². The Bertz CT molecular complexity index is 1340. The van der Waals surface area contributed by atoms with Crippen LogP contribution in [0, 0.1) is 0 Å². The highest BCUT2D eigenvalue weighted by molar-refractivity contribution is 7.18. The molecule has 1 aromatic carbocycles. The average Bonchev–Trinajstić information content (AvgIpc) is 3.18. The number of thiophene rings is 1. The standard InChI is InChI=1S/C25H31N5O2S/c1-3-7-19-20(8-4-2)33-24-21(19)25(31)30-23(27-24)18-10-6-5-9-17(18)22(28-30)26-11-12-29-13-15-32-16-14-29/h5-6,9-10H,3-4,7-8,11-16H2,1-2H3,(H,26,28). The molecule has 4 aromatic rings. The zero-order chi connectivity index (χ0) is 22.8. The molecule has 0 unspecified atom stereocenters. The Morgan fingerprint density at radius 1 is 1.09 bits per heavy atom. The Morgan fingerprint density at radius 3 is 2.61 bits per heavy atom. The van der Waals surface area contributed by atoms with Crippen molar-refractivity contribution in [3.63, 3.8) is 0 Å². The molecule has 1 aliphatic heterocycles. The van der Waals surface area contributed by atoms with Gasteiger partial charge in [-0.1, -0.05) is 51.0 Å². The number of nitrogens with one attached hydrogen (secondary N) is 1. The summed E-state index contributed by atoms with van der Waals surface area (Å²) < 4.78 is 6.96. The lowest BCUT2D eigenvalue weighted by atomic mass is 10.1. The highest BCUT2D eigenvalue weighted by Gasteiger charge is 2.20. The molecule has 1 saturated heterocycles. The molecule has 174 valence electrons. The van der Waals surface area contributed by atoms with E-state index in [2.05, 4.69) is 30.1 Å². The summed E-state index contributed by atoms with van der Waals surface area (Å²) in [5.41, 5.74) is 1.75. The molecule has 8 heteroatoms. The fraction of sp³-hybridized carbons (Fsp3) is 0.480. The predicted octanol–water partition coefficient (Wildman–Crippen LogP) is 4.11. The molecule has 0 saturated carbocycles. The van der Waals surface area contributed by atoms with E-state index in [1.165, 1.54) is 15.0 Å². The van der Waals surface area contributed by atoms with Gasteiger partial charge in [-0.2, -0.15) is 4.52 Å². The van der Waals surface area contributed by atoms with Gasteiger partial charge in [0.05, 0.1) is 18.6 Å². The highest BCUT2D eigenvalue weighted by atomic mass is 32.1. The van der Waals surface area contributed by atoms with Gasteiger partial charge >= 0.3 is 0 Å². The lowest BCUT2D eigenvalue weighted by Gasteiger charge is -2.26. The number of nitrogens with zero attached hydrogens (tertiary/aromatic N) is 4. The van der Waals surface area contributed by atoms with Crippen molar-refractivity contribution in [2.75, 3.05) is 44.7 Å². The maximum Gasteiger partial charge on any atom is 0.283 e. The molecule has 0 radical (unpaired) electrons. The molecule has 5 rings (SSSR count). The third kappa shape index (κ3) is 4.23. The van der Waals surface area contributed by atoms with Crippen LogP contribution in [0.15, 0.2) is 29.1 Å². The summed E-state index contributed by atoms with van der Waals surface area (Å²) in [7, 11) is 0. The topological polar surface area (TPSA) is 71.8 Å². The maximum atomic E-state index is 13.7. The highest BCUT2D eigenvalue weighted by Crippen LogP contribution is 2.32. The van der Waals surface area contributed by atoms with Gasteiger partial charge in [0.25, 0.3) is 5.56 Å². The molecule has 4 heterocycles. The molecule has 0 amide bonds. The molecule has 1 aliphatic rings. The van der Waals surface area contributed by atoms with Crippen LogP contribution in [-0.2, 0) is 17.6 Å². The minimum absolute atomic E-state index is 0.0564. The van der Waals surface area contributed by atoms with Crippen molar-refractivity contribution in [2.24, 2.45) is 0 Å². The number of fused-ring (bicyclic) bond motifs is 4. The molecular weight excluding hydrogens is 434 g/mol. The van der Waals surface area contributed by atoms with E-state index in [1.54, 1.807) is 11.3 Å². The van der Waals surface area contributed by atoms with Crippen molar-refractivity contribution >= 4 is 43.8 Å². The van der Waals surface area contributed by atoms with E-state index in [4.69, 9.17) is 14.8 Å². The number of hydrogen-bond donors (Lipinski definition) is 1. The van der Waals surface area contributed by atoms with Crippen LogP contribution >= 0.6 is 11.3 Å². The lowest BCUT2D eigenvalue weighted by molar-refractivity contribution is 0.0398. The molecular formula is C25H31N5O2S. The van der Waals surface area contributed by atoms with Crippen LogP contribution in [0.5, 0.6) is 0 Å². The summed E-state index contributed by atoms with van der Waals surface area (Å²) in [6.07, 6.45) is 3.95. The van der Waals surface area contributed by atoms with Gasteiger partial charge in [-0.25, -0.2) is 4.98 Å². The number of aryl methyl sites for hydroxylation is 2. The number of hydrogen-bond acceptors (Lipinski definition) is 7. The minimum atomic E-state index is -0.0564. The summed E-state index contributed by atoms with van der Waals surface area (Å²) in [6.45, 7) is 9.49. The molecule has 3 aromatic heterocycles. The fourth-order valence-corrected chi connectivity index (χ4v) is 5.99. The van der Waals surface area contributed by atoms with E-state index >= 15 is 0 Å². The molecule has 33 heavy (non-hydrogen) atoms. The van der Waals surface area contributed by atoms with E-state index in [1.807, 2.05) is 18.2 Å². The van der Waals surface area contributed by atoms with E-state index < -0.39 is 0 Å². The predicted molar refractivity (Wildman–Crippen MR) is 136 cm³/mol. The van der Waals surface area contributed by atoms with Crippen molar-refractivity contribution in [3.05, 3.63) is 45.1 Å². The number of morpholine rings is 1. The SMILES string of the molecule is CCCc1sc2nc3c4ccccc4c(NCCN4CCOCC4)nn3c(=O)c2c1CCC. The first-order valence-corrected chi connectivity index (χ1v) is 12.8. The van der Waals surface area contributed by atoms with Crippen molar-refractivity contribution in [1.29, 1.82) is 0 Å². The second-order valence-corrected chi connectivity index (χ2v) is 9.69. The number of aromatic nitrogens is 3. The van der Waals surface area contributed by atoms with E-state index in [9.17, 15) is 4.79 Å². The lowest BCUT2D eigenvalue weighted by Crippen LogP contribution is -2.39. The first-order valence-electron chi connectivity index (χ1n) is 12.0. The van der Waals surface area contributed by atoms with Crippen LogP contribution in [0.1, 0.15) is 37.1 Å². The molecule has 0 atom stereocenters.